The summed E-state index contributed by atoms with van der Waals surface area (Å²) in [6.45, 7) is 3.00. The predicted molar refractivity (Wildman–Crippen MR) is 57.1 cm³/mol. The molecule has 2 N–H and O–H groups in total. The van der Waals surface area contributed by atoms with Crippen molar-refractivity contribution in [1.82, 2.24) is 9.88 Å². The molecule has 76 valence electrons. The maximum atomic E-state index is 5.82. The quantitative estimate of drug-likeness (QED) is 0.750. The Kier molecular flexibility index (Phi) is 3.01. The van der Waals surface area contributed by atoms with E-state index in [1.54, 1.807) is 0 Å². The summed E-state index contributed by atoms with van der Waals surface area (Å²) in [4.78, 5) is 6.39. The van der Waals surface area contributed by atoms with E-state index in [4.69, 9.17) is 17.3 Å². The molecule has 2 heterocycles. The highest BCUT2D eigenvalue weighted by Gasteiger charge is 2.18. The number of likely N-dealkylation sites (tertiary alicyclic amines) is 1. The summed E-state index contributed by atoms with van der Waals surface area (Å²) in [7, 11) is 0. The van der Waals surface area contributed by atoms with Crippen molar-refractivity contribution in [2.45, 2.75) is 19.0 Å². The number of pyridine rings is 1. The molecule has 1 aliphatic heterocycles. The predicted octanol–water partition coefficient (Wildman–Crippen LogP) is 1.27. The van der Waals surface area contributed by atoms with Gasteiger partial charge in [0.25, 0.3) is 0 Å². The third-order valence-corrected chi connectivity index (χ3v) is 2.73. The van der Waals surface area contributed by atoms with Crippen LogP contribution >= 0.6 is 11.6 Å². The van der Waals surface area contributed by atoms with Gasteiger partial charge in [0, 0.05) is 31.9 Å². The normalized spacial score (nSPS) is 22.9. The lowest BCUT2D eigenvalue weighted by Crippen LogP contribution is -2.26. The molecule has 0 aliphatic carbocycles. The smallest absolute Gasteiger partial charge is 0.129 e. The van der Waals surface area contributed by atoms with Gasteiger partial charge in [-0.3, -0.25) is 4.90 Å². The molecule has 0 amide bonds. The SMILES string of the molecule is N[C@@H]1CCN(Cc2ccc(Cl)nc2)C1. The number of nitrogens with zero attached hydrogens (tertiary/aromatic N) is 2. The number of aromatic nitrogens is 1. The van der Waals surface area contributed by atoms with Gasteiger partial charge < -0.3 is 5.73 Å². The summed E-state index contributed by atoms with van der Waals surface area (Å²) >= 11 is 5.71. The molecule has 0 radical (unpaired) electrons. The van der Waals surface area contributed by atoms with Crippen molar-refractivity contribution in [3.05, 3.63) is 29.0 Å². The standard InChI is InChI=1S/C10H14ClN3/c11-10-2-1-8(5-13-10)6-14-4-3-9(12)7-14/h1-2,5,9H,3-4,6-7,12H2/t9-/m1/s1. The highest BCUT2D eigenvalue weighted by molar-refractivity contribution is 6.29. The van der Waals surface area contributed by atoms with Crippen molar-refractivity contribution in [3.8, 4) is 0 Å². The summed E-state index contributed by atoms with van der Waals surface area (Å²) in [5.41, 5.74) is 7.02. The molecule has 0 unspecified atom stereocenters. The largest absolute Gasteiger partial charge is 0.326 e. The summed E-state index contributed by atoms with van der Waals surface area (Å²) in [5, 5.41) is 0.548. The minimum atomic E-state index is 0.343. The molecule has 2 rings (SSSR count). The van der Waals surface area contributed by atoms with Crippen LogP contribution in [0.25, 0.3) is 0 Å². The van der Waals surface area contributed by atoms with Crippen molar-refractivity contribution in [1.29, 1.82) is 0 Å². The Bertz CT molecular complexity index is 299. The zero-order valence-corrected chi connectivity index (χ0v) is 8.74. The van der Waals surface area contributed by atoms with Crippen LogP contribution in [-0.4, -0.2) is 29.0 Å². The lowest BCUT2D eigenvalue weighted by atomic mass is 10.3. The van der Waals surface area contributed by atoms with Crippen LogP contribution in [0, 0.1) is 0 Å². The van der Waals surface area contributed by atoms with Crippen molar-refractivity contribution < 1.29 is 0 Å². The van der Waals surface area contributed by atoms with Crippen LogP contribution in [0.3, 0.4) is 0 Å². The molecule has 0 saturated carbocycles. The summed E-state index contributed by atoms with van der Waals surface area (Å²) in [6.07, 6.45) is 2.92. The Morgan fingerprint density at radius 1 is 1.57 bits per heavy atom. The van der Waals surface area contributed by atoms with Gasteiger partial charge in [0.15, 0.2) is 0 Å². The van der Waals surface area contributed by atoms with E-state index in [9.17, 15) is 0 Å². The van der Waals surface area contributed by atoms with E-state index >= 15 is 0 Å². The van der Waals surface area contributed by atoms with E-state index in [0.717, 1.165) is 26.1 Å². The Morgan fingerprint density at radius 3 is 3.00 bits per heavy atom. The van der Waals surface area contributed by atoms with Gasteiger partial charge in [0.1, 0.15) is 5.15 Å². The lowest BCUT2D eigenvalue weighted by Gasteiger charge is -2.14. The second-order valence-corrected chi connectivity index (χ2v) is 4.16. The Balaban J connectivity index is 1.94. The first-order valence-electron chi connectivity index (χ1n) is 4.82. The fourth-order valence-corrected chi connectivity index (χ4v) is 1.88. The molecule has 1 aromatic rings. The van der Waals surface area contributed by atoms with Gasteiger partial charge in [0.2, 0.25) is 0 Å². The van der Waals surface area contributed by atoms with Crippen molar-refractivity contribution in [2.24, 2.45) is 5.73 Å². The Hall–Kier alpha value is -0.640. The van der Waals surface area contributed by atoms with Crippen molar-refractivity contribution >= 4 is 11.6 Å². The van der Waals surface area contributed by atoms with Gasteiger partial charge in [-0.05, 0) is 18.1 Å². The molecular weight excluding hydrogens is 198 g/mol. The first-order chi connectivity index (χ1) is 6.74. The topological polar surface area (TPSA) is 42.1 Å². The molecule has 0 spiro atoms. The third-order valence-electron chi connectivity index (χ3n) is 2.50. The van der Waals surface area contributed by atoms with Crippen LogP contribution in [0.1, 0.15) is 12.0 Å². The van der Waals surface area contributed by atoms with Crippen LogP contribution in [0.15, 0.2) is 18.3 Å². The van der Waals surface area contributed by atoms with Crippen LogP contribution in [0.5, 0.6) is 0 Å². The number of hydrogen-bond donors (Lipinski definition) is 1. The zero-order valence-electron chi connectivity index (χ0n) is 7.99. The lowest BCUT2D eigenvalue weighted by molar-refractivity contribution is 0.326. The highest BCUT2D eigenvalue weighted by atomic mass is 35.5. The van der Waals surface area contributed by atoms with Gasteiger partial charge in [-0.1, -0.05) is 17.7 Å². The first-order valence-corrected chi connectivity index (χ1v) is 5.20. The first kappa shape index (κ1) is 9.90. The fourth-order valence-electron chi connectivity index (χ4n) is 1.76. The highest BCUT2D eigenvalue weighted by Crippen LogP contribution is 2.12. The molecule has 1 saturated heterocycles. The molecule has 14 heavy (non-hydrogen) atoms. The minimum Gasteiger partial charge on any atom is -0.326 e. The average Bonchev–Trinajstić information content (AvgIpc) is 2.56. The zero-order chi connectivity index (χ0) is 9.97. The summed E-state index contributed by atoms with van der Waals surface area (Å²) in [6, 6.07) is 4.18. The molecule has 1 aromatic heterocycles. The van der Waals surface area contributed by atoms with Crippen molar-refractivity contribution in [3.63, 3.8) is 0 Å². The number of rotatable bonds is 2. The maximum Gasteiger partial charge on any atom is 0.129 e. The van der Waals surface area contributed by atoms with E-state index in [1.807, 2.05) is 18.3 Å². The fraction of sp³-hybridized carbons (Fsp3) is 0.500. The molecule has 0 aromatic carbocycles. The second-order valence-electron chi connectivity index (χ2n) is 3.77. The maximum absolute atomic E-state index is 5.82. The van der Waals surface area contributed by atoms with E-state index in [2.05, 4.69) is 9.88 Å². The number of halogens is 1. The van der Waals surface area contributed by atoms with Gasteiger partial charge >= 0.3 is 0 Å². The molecule has 3 nitrogen and oxygen atoms in total. The number of hydrogen-bond acceptors (Lipinski definition) is 3. The van der Waals surface area contributed by atoms with Gasteiger partial charge in [0.05, 0.1) is 0 Å². The van der Waals surface area contributed by atoms with E-state index < -0.39 is 0 Å². The Morgan fingerprint density at radius 2 is 2.43 bits per heavy atom. The molecule has 0 bridgehead atoms. The van der Waals surface area contributed by atoms with Crippen LogP contribution in [0.4, 0.5) is 0 Å². The van der Waals surface area contributed by atoms with Crippen LogP contribution in [-0.2, 0) is 6.54 Å². The molecule has 4 heteroatoms. The number of nitrogens with two attached hydrogens (primary N) is 1. The van der Waals surface area contributed by atoms with E-state index in [1.165, 1.54) is 5.56 Å². The van der Waals surface area contributed by atoms with Crippen LogP contribution in [0.2, 0.25) is 5.15 Å². The van der Waals surface area contributed by atoms with Gasteiger partial charge in [-0.2, -0.15) is 0 Å². The summed E-state index contributed by atoms with van der Waals surface area (Å²) in [5.74, 6) is 0. The summed E-state index contributed by atoms with van der Waals surface area (Å²) < 4.78 is 0. The third kappa shape index (κ3) is 2.44. The van der Waals surface area contributed by atoms with Crippen molar-refractivity contribution in [2.75, 3.05) is 13.1 Å². The van der Waals surface area contributed by atoms with E-state index in [0.29, 0.717) is 11.2 Å². The van der Waals surface area contributed by atoms with Gasteiger partial charge in [-0.25, -0.2) is 4.98 Å². The molecule has 1 atom stereocenters. The molecular formula is C10H14ClN3. The molecule has 1 fully saturated rings. The van der Waals surface area contributed by atoms with E-state index in [-0.39, 0.29) is 0 Å². The minimum absolute atomic E-state index is 0.343. The second kappa shape index (κ2) is 4.26. The van der Waals surface area contributed by atoms with Gasteiger partial charge in [-0.15, -0.1) is 0 Å². The average molecular weight is 212 g/mol. The monoisotopic (exact) mass is 211 g/mol. The van der Waals surface area contributed by atoms with Crippen LogP contribution < -0.4 is 5.73 Å². The molecule has 1 aliphatic rings. The Labute approximate surface area is 88.9 Å².